The van der Waals surface area contributed by atoms with Gasteiger partial charge in [-0.1, -0.05) is 37.3 Å². The summed E-state index contributed by atoms with van der Waals surface area (Å²) in [6, 6.07) is 14.7. The van der Waals surface area contributed by atoms with Crippen LogP contribution in [0.25, 0.3) is 0 Å². The van der Waals surface area contributed by atoms with E-state index in [0.717, 1.165) is 38.0 Å². The number of likely N-dealkylation sites (tertiary alicyclic amines) is 1. The van der Waals surface area contributed by atoms with Crippen molar-refractivity contribution in [1.82, 2.24) is 15.2 Å². The number of rotatable bonds is 5. The number of amides is 1. The maximum Gasteiger partial charge on any atom is 0.253 e. The summed E-state index contributed by atoms with van der Waals surface area (Å²) in [4.78, 5) is 18.4. The Morgan fingerprint density at radius 2 is 1.83 bits per heavy atom. The monoisotopic (exact) mass is 323 g/mol. The summed E-state index contributed by atoms with van der Waals surface area (Å²) >= 11 is 0. The number of hydrogen-bond donors (Lipinski definition) is 1. The van der Waals surface area contributed by atoms with Crippen LogP contribution < -0.4 is 5.32 Å². The Labute approximate surface area is 143 Å². The molecule has 1 atom stereocenters. The van der Waals surface area contributed by atoms with E-state index < -0.39 is 0 Å². The van der Waals surface area contributed by atoms with Gasteiger partial charge in [0.1, 0.15) is 0 Å². The summed E-state index contributed by atoms with van der Waals surface area (Å²) in [5.74, 6) is 0.621. The van der Waals surface area contributed by atoms with E-state index in [4.69, 9.17) is 0 Å². The third kappa shape index (κ3) is 4.20. The first kappa shape index (κ1) is 16.7. The van der Waals surface area contributed by atoms with Crippen molar-refractivity contribution in [3.05, 3.63) is 66.0 Å². The number of benzene rings is 1. The molecule has 0 spiro atoms. The maximum atomic E-state index is 12.4. The Bertz CT molecular complexity index is 636. The van der Waals surface area contributed by atoms with Gasteiger partial charge in [0, 0.05) is 43.6 Å². The number of carbonyl (C=O) groups is 1. The third-order valence-corrected chi connectivity index (χ3v) is 4.79. The molecule has 0 radical (unpaired) electrons. The number of piperidine rings is 1. The van der Waals surface area contributed by atoms with Crippen molar-refractivity contribution in [2.45, 2.75) is 31.7 Å². The zero-order chi connectivity index (χ0) is 16.8. The second-order valence-corrected chi connectivity index (χ2v) is 6.52. The lowest BCUT2D eigenvalue weighted by atomic mass is 9.99. The summed E-state index contributed by atoms with van der Waals surface area (Å²) in [6.45, 7) is 4.87. The van der Waals surface area contributed by atoms with Crippen LogP contribution in [0.5, 0.6) is 0 Å². The smallest absolute Gasteiger partial charge is 0.253 e. The normalized spacial score (nSPS) is 16.8. The van der Waals surface area contributed by atoms with E-state index in [1.165, 1.54) is 5.56 Å². The Kier molecular flexibility index (Phi) is 5.59. The van der Waals surface area contributed by atoms with E-state index >= 15 is 0 Å². The minimum atomic E-state index is 0.119. The van der Waals surface area contributed by atoms with Crippen molar-refractivity contribution in [3.63, 3.8) is 0 Å². The Morgan fingerprint density at radius 3 is 2.50 bits per heavy atom. The predicted molar refractivity (Wildman–Crippen MR) is 96.0 cm³/mol. The van der Waals surface area contributed by atoms with Gasteiger partial charge in [0.25, 0.3) is 5.91 Å². The Morgan fingerprint density at radius 1 is 1.17 bits per heavy atom. The molecule has 4 nitrogen and oxygen atoms in total. The van der Waals surface area contributed by atoms with E-state index in [-0.39, 0.29) is 5.91 Å². The van der Waals surface area contributed by atoms with Gasteiger partial charge in [-0.2, -0.15) is 0 Å². The van der Waals surface area contributed by atoms with Gasteiger partial charge in [0.2, 0.25) is 0 Å². The van der Waals surface area contributed by atoms with Crippen LogP contribution in [-0.2, 0) is 0 Å². The molecule has 2 heterocycles. The van der Waals surface area contributed by atoms with Gasteiger partial charge in [0.05, 0.1) is 0 Å². The molecular formula is C20H25N3O. The van der Waals surface area contributed by atoms with Gasteiger partial charge < -0.3 is 10.2 Å². The molecule has 126 valence electrons. The minimum Gasteiger partial charge on any atom is -0.339 e. The first-order chi connectivity index (χ1) is 11.7. The summed E-state index contributed by atoms with van der Waals surface area (Å²) < 4.78 is 0. The molecule has 0 aliphatic carbocycles. The number of carbonyl (C=O) groups excluding carboxylic acids is 1. The quantitative estimate of drug-likeness (QED) is 0.920. The van der Waals surface area contributed by atoms with Crippen LogP contribution in [0.15, 0.2) is 54.9 Å². The number of aromatic nitrogens is 1. The zero-order valence-electron chi connectivity index (χ0n) is 14.2. The lowest BCUT2D eigenvalue weighted by molar-refractivity contribution is 0.0705. The van der Waals surface area contributed by atoms with E-state index in [0.29, 0.717) is 12.0 Å². The van der Waals surface area contributed by atoms with E-state index in [2.05, 4.69) is 47.6 Å². The highest BCUT2D eigenvalue weighted by molar-refractivity contribution is 5.94. The Balaban J connectivity index is 1.45. The van der Waals surface area contributed by atoms with Crippen LogP contribution in [0.4, 0.5) is 0 Å². The summed E-state index contributed by atoms with van der Waals surface area (Å²) in [5, 5.41) is 3.67. The first-order valence-corrected chi connectivity index (χ1v) is 8.71. The maximum absolute atomic E-state index is 12.4. The van der Waals surface area contributed by atoms with E-state index in [1.54, 1.807) is 24.5 Å². The van der Waals surface area contributed by atoms with Crippen LogP contribution in [0.2, 0.25) is 0 Å². The van der Waals surface area contributed by atoms with Crippen molar-refractivity contribution in [2.24, 2.45) is 0 Å². The molecule has 1 fully saturated rings. The highest BCUT2D eigenvalue weighted by atomic mass is 16.2. The summed E-state index contributed by atoms with van der Waals surface area (Å²) in [7, 11) is 0. The van der Waals surface area contributed by atoms with Crippen LogP contribution in [0, 0.1) is 0 Å². The van der Waals surface area contributed by atoms with Crippen molar-refractivity contribution in [2.75, 3.05) is 19.6 Å². The van der Waals surface area contributed by atoms with Crippen molar-refractivity contribution in [1.29, 1.82) is 0 Å². The Hall–Kier alpha value is -2.20. The largest absolute Gasteiger partial charge is 0.339 e. The molecule has 1 aliphatic rings. The molecule has 1 amide bonds. The topological polar surface area (TPSA) is 45.2 Å². The predicted octanol–water partition coefficient (Wildman–Crippen LogP) is 3.08. The molecule has 2 aromatic rings. The number of pyridine rings is 1. The van der Waals surface area contributed by atoms with E-state index in [9.17, 15) is 4.79 Å². The SMILES string of the molecule is CC(CNC1CCN(C(=O)c2ccncc2)CC1)c1ccccc1. The second-order valence-electron chi connectivity index (χ2n) is 6.52. The van der Waals surface area contributed by atoms with Crippen LogP contribution >= 0.6 is 0 Å². The van der Waals surface area contributed by atoms with Gasteiger partial charge in [-0.25, -0.2) is 0 Å². The van der Waals surface area contributed by atoms with Gasteiger partial charge >= 0.3 is 0 Å². The molecule has 1 unspecified atom stereocenters. The van der Waals surface area contributed by atoms with Gasteiger partial charge in [0.15, 0.2) is 0 Å². The number of nitrogens with one attached hydrogen (secondary N) is 1. The molecule has 1 aliphatic heterocycles. The third-order valence-electron chi connectivity index (χ3n) is 4.79. The second kappa shape index (κ2) is 8.06. The lowest BCUT2D eigenvalue weighted by Gasteiger charge is -2.33. The number of hydrogen-bond acceptors (Lipinski definition) is 3. The van der Waals surface area contributed by atoms with Crippen molar-refractivity contribution in [3.8, 4) is 0 Å². The fraction of sp³-hybridized carbons (Fsp3) is 0.400. The van der Waals surface area contributed by atoms with Crippen LogP contribution in [-0.4, -0.2) is 41.5 Å². The standard InChI is InChI=1S/C20H25N3O/c1-16(17-5-3-2-4-6-17)15-22-19-9-13-23(14-10-19)20(24)18-7-11-21-12-8-18/h2-8,11-12,16,19,22H,9-10,13-15H2,1H3. The molecule has 0 bridgehead atoms. The first-order valence-electron chi connectivity index (χ1n) is 8.71. The van der Waals surface area contributed by atoms with Crippen molar-refractivity contribution < 1.29 is 4.79 Å². The van der Waals surface area contributed by atoms with E-state index in [1.807, 2.05) is 4.90 Å². The molecule has 1 aromatic carbocycles. The summed E-state index contributed by atoms with van der Waals surface area (Å²) in [6.07, 6.45) is 5.37. The van der Waals surface area contributed by atoms with Crippen LogP contribution in [0.3, 0.4) is 0 Å². The highest BCUT2D eigenvalue weighted by Crippen LogP contribution is 2.17. The molecule has 0 saturated carbocycles. The average Bonchev–Trinajstić information content (AvgIpc) is 2.67. The molecule has 1 saturated heterocycles. The van der Waals surface area contributed by atoms with Crippen molar-refractivity contribution >= 4 is 5.91 Å². The molecule has 1 aromatic heterocycles. The minimum absolute atomic E-state index is 0.119. The molecule has 1 N–H and O–H groups in total. The molecular weight excluding hydrogens is 298 g/mol. The molecule has 24 heavy (non-hydrogen) atoms. The fourth-order valence-corrected chi connectivity index (χ4v) is 3.21. The van der Waals surface area contributed by atoms with Gasteiger partial charge in [-0.3, -0.25) is 9.78 Å². The summed E-state index contributed by atoms with van der Waals surface area (Å²) in [5.41, 5.74) is 2.10. The lowest BCUT2D eigenvalue weighted by Crippen LogP contribution is -2.45. The highest BCUT2D eigenvalue weighted by Gasteiger charge is 2.23. The molecule has 4 heteroatoms. The fourth-order valence-electron chi connectivity index (χ4n) is 3.21. The van der Waals surface area contributed by atoms with Crippen LogP contribution in [0.1, 0.15) is 41.6 Å². The zero-order valence-corrected chi connectivity index (χ0v) is 14.2. The number of nitrogens with zero attached hydrogens (tertiary/aromatic N) is 2. The molecule has 3 rings (SSSR count). The average molecular weight is 323 g/mol. The van der Waals surface area contributed by atoms with Gasteiger partial charge in [-0.05, 0) is 36.5 Å². The van der Waals surface area contributed by atoms with Gasteiger partial charge in [-0.15, -0.1) is 0 Å².